The summed E-state index contributed by atoms with van der Waals surface area (Å²) in [6.45, 7) is 8.65. The molecule has 0 atom stereocenters. The van der Waals surface area contributed by atoms with Crippen LogP contribution in [0.3, 0.4) is 0 Å². The third-order valence-corrected chi connectivity index (χ3v) is 5.25. The van der Waals surface area contributed by atoms with Crippen LogP contribution in [0.1, 0.15) is 57.4 Å². The highest BCUT2D eigenvalue weighted by atomic mass is 19.1. The van der Waals surface area contributed by atoms with E-state index < -0.39 is 6.67 Å². The monoisotopic (exact) mass is 487 g/mol. The van der Waals surface area contributed by atoms with Crippen LogP contribution >= 0.6 is 0 Å². The molecule has 0 saturated heterocycles. The van der Waals surface area contributed by atoms with Gasteiger partial charge in [0.2, 0.25) is 5.75 Å². The van der Waals surface area contributed by atoms with Gasteiger partial charge in [-0.05, 0) is 38.2 Å². The number of aryl methyl sites for hydroxylation is 1. The lowest BCUT2D eigenvalue weighted by atomic mass is 10.0. The largest absolute Gasteiger partial charge is 0.489 e. The van der Waals surface area contributed by atoms with Crippen molar-refractivity contribution < 1.29 is 23.3 Å². The third kappa shape index (κ3) is 10.1. The van der Waals surface area contributed by atoms with Crippen molar-refractivity contribution in [1.82, 2.24) is 4.98 Å². The minimum absolute atomic E-state index is 0.134. The maximum atomic E-state index is 12.1. The number of halogens is 1. The van der Waals surface area contributed by atoms with E-state index in [2.05, 4.69) is 13.0 Å². The molecule has 35 heavy (non-hydrogen) atoms. The van der Waals surface area contributed by atoms with E-state index in [1.54, 1.807) is 14.2 Å². The van der Waals surface area contributed by atoms with Crippen LogP contribution in [0.2, 0.25) is 0 Å². The summed E-state index contributed by atoms with van der Waals surface area (Å²) in [6.07, 6.45) is 9.42. The van der Waals surface area contributed by atoms with Gasteiger partial charge in [0.05, 0.1) is 33.1 Å². The number of benzene rings is 1. The zero-order valence-corrected chi connectivity index (χ0v) is 22.2. The predicted molar refractivity (Wildman–Crippen MR) is 141 cm³/mol. The molecule has 194 valence electrons. The van der Waals surface area contributed by atoms with Crippen LogP contribution in [0.15, 0.2) is 54.1 Å². The van der Waals surface area contributed by atoms with Gasteiger partial charge in [-0.25, -0.2) is 9.37 Å². The van der Waals surface area contributed by atoms with Crippen LogP contribution in [-0.2, 0) is 24.2 Å². The molecule has 0 N–H and O–H groups in total. The van der Waals surface area contributed by atoms with Gasteiger partial charge >= 0.3 is 0 Å². The van der Waals surface area contributed by atoms with E-state index in [0.29, 0.717) is 30.6 Å². The van der Waals surface area contributed by atoms with Crippen molar-refractivity contribution in [2.75, 3.05) is 34.1 Å². The maximum Gasteiger partial charge on any atom is 0.261 e. The average molecular weight is 488 g/mol. The molecule has 0 aliphatic carbocycles. The van der Waals surface area contributed by atoms with Crippen molar-refractivity contribution in [3.63, 3.8) is 0 Å². The van der Waals surface area contributed by atoms with Crippen LogP contribution in [0.4, 0.5) is 4.39 Å². The molecule has 0 amide bonds. The van der Waals surface area contributed by atoms with Gasteiger partial charge in [-0.3, -0.25) is 0 Å². The fourth-order valence-corrected chi connectivity index (χ4v) is 3.57. The highest BCUT2D eigenvalue weighted by molar-refractivity contribution is 5.54. The van der Waals surface area contributed by atoms with Gasteiger partial charge in [-0.15, -0.1) is 0 Å². The van der Waals surface area contributed by atoms with Crippen molar-refractivity contribution in [2.24, 2.45) is 0 Å². The summed E-state index contributed by atoms with van der Waals surface area (Å²) in [5.41, 5.74) is 4.29. The lowest BCUT2D eigenvalue weighted by molar-refractivity contribution is 0.144. The molecule has 2 aromatic rings. The lowest BCUT2D eigenvalue weighted by Crippen LogP contribution is -2.08. The Hall–Kier alpha value is -2.86. The first-order valence-electron chi connectivity index (χ1n) is 12.4. The van der Waals surface area contributed by atoms with E-state index in [1.165, 1.54) is 5.57 Å². The number of pyridine rings is 1. The maximum absolute atomic E-state index is 12.1. The summed E-state index contributed by atoms with van der Waals surface area (Å²) >= 11 is 0. The van der Waals surface area contributed by atoms with Gasteiger partial charge in [0.15, 0.2) is 5.75 Å². The van der Waals surface area contributed by atoms with E-state index in [9.17, 15) is 4.39 Å². The SMILES string of the molecule is C/C=C(\C=C/COCCF)CCCc1nc(OC)c(OC)c(OCc2ccccc2)c1CC.CC. The number of hydrogen-bond acceptors (Lipinski definition) is 5. The Bertz CT molecular complexity index is 897. The standard InChI is InChI=1S/C27H36FNO4.C2H6/c1-5-21(15-11-18-32-19-17-28)14-10-16-24-23(6-2)25(26(30-3)27(29-24)31-4)33-20-22-12-8-7-9-13-22;1-2/h5,7-9,11-13,15H,6,10,14,16-20H2,1-4H3;1-2H3/b15-11-,21-5-;. The second-order valence-corrected chi connectivity index (χ2v) is 7.42. The first-order chi connectivity index (χ1) is 17.2. The van der Waals surface area contributed by atoms with E-state index in [0.717, 1.165) is 42.5 Å². The number of allylic oxidation sites excluding steroid dienone is 3. The quantitative estimate of drug-likeness (QED) is 0.198. The molecule has 6 heteroatoms. The van der Waals surface area contributed by atoms with Crippen molar-refractivity contribution in [3.8, 4) is 17.4 Å². The molecule has 0 fully saturated rings. The first-order valence-corrected chi connectivity index (χ1v) is 12.4. The smallest absolute Gasteiger partial charge is 0.261 e. The minimum Gasteiger partial charge on any atom is -0.489 e. The van der Waals surface area contributed by atoms with Crippen molar-refractivity contribution in [2.45, 2.75) is 60.0 Å². The second kappa shape index (κ2) is 18.5. The second-order valence-electron chi connectivity index (χ2n) is 7.42. The van der Waals surface area contributed by atoms with Crippen molar-refractivity contribution in [3.05, 3.63) is 71.0 Å². The molecule has 0 radical (unpaired) electrons. The fourth-order valence-electron chi connectivity index (χ4n) is 3.57. The van der Waals surface area contributed by atoms with Crippen LogP contribution < -0.4 is 14.2 Å². The molecule has 2 rings (SSSR count). The summed E-state index contributed by atoms with van der Waals surface area (Å²) < 4.78 is 34.7. The number of aromatic nitrogens is 1. The molecule has 0 saturated carbocycles. The zero-order valence-electron chi connectivity index (χ0n) is 22.2. The van der Waals surface area contributed by atoms with E-state index in [4.69, 9.17) is 23.9 Å². The molecular weight excluding hydrogens is 445 g/mol. The predicted octanol–water partition coefficient (Wildman–Crippen LogP) is 7.08. The topological polar surface area (TPSA) is 49.8 Å². The van der Waals surface area contributed by atoms with Gasteiger partial charge < -0.3 is 18.9 Å². The Labute approximate surface area is 211 Å². The number of alkyl halides is 1. The zero-order chi connectivity index (χ0) is 25.9. The van der Waals surface area contributed by atoms with Crippen LogP contribution in [0.5, 0.6) is 17.4 Å². The van der Waals surface area contributed by atoms with Gasteiger partial charge in [-0.2, -0.15) is 0 Å². The average Bonchev–Trinajstić information content (AvgIpc) is 2.91. The molecule has 0 aliphatic rings. The number of rotatable bonds is 15. The summed E-state index contributed by atoms with van der Waals surface area (Å²) in [7, 11) is 3.20. The Kier molecular flexibility index (Phi) is 15.9. The number of methoxy groups -OCH3 is 2. The van der Waals surface area contributed by atoms with Crippen LogP contribution in [-0.4, -0.2) is 39.1 Å². The van der Waals surface area contributed by atoms with Gasteiger partial charge in [0, 0.05) is 5.56 Å². The lowest BCUT2D eigenvalue weighted by Gasteiger charge is -2.19. The fraction of sp³-hybridized carbons (Fsp3) is 0.483. The molecule has 0 aliphatic heterocycles. The minimum atomic E-state index is -0.459. The third-order valence-electron chi connectivity index (χ3n) is 5.25. The normalized spacial score (nSPS) is 11.2. The molecule has 5 nitrogen and oxygen atoms in total. The van der Waals surface area contributed by atoms with Crippen LogP contribution in [0, 0.1) is 0 Å². The van der Waals surface area contributed by atoms with Gasteiger partial charge in [0.25, 0.3) is 5.88 Å². The summed E-state index contributed by atoms with van der Waals surface area (Å²) in [6, 6.07) is 10.0. The Balaban J connectivity index is 0.00000298. The Morgan fingerprint density at radius 1 is 1.06 bits per heavy atom. The van der Waals surface area contributed by atoms with Gasteiger partial charge in [-0.1, -0.05) is 74.9 Å². The number of ether oxygens (including phenoxy) is 4. The number of hydrogen-bond donors (Lipinski definition) is 0. The van der Waals surface area contributed by atoms with Crippen LogP contribution in [0.25, 0.3) is 0 Å². The Morgan fingerprint density at radius 2 is 1.80 bits per heavy atom. The molecule has 1 heterocycles. The molecule has 0 spiro atoms. The van der Waals surface area contributed by atoms with E-state index >= 15 is 0 Å². The first kappa shape index (κ1) is 30.2. The molecule has 1 aromatic heterocycles. The highest BCUT2D eigenvalue weighted by Gasteiger charge is 2.22. The molecule has 1 aromatic carbocycles. The number of nitrogens with zero attached hydrogens (tertiary/aromatic N) is 1. The van der Waals surface area contributed by atoms with E-state index in [1.807, 2.05) is 63.3 Å². The molecular formula is C29H42FNO4. The van der Waals surface area contributed by atoms with Gasteiger partial charge in [0.1, 0.15) is 13.3 Å². The van der Waals surface area contributed by atoms with E-state index in [-0.39, 0.29) is 6.61 Å². The Morgan fingerprint density at radius 3 is 2.40 bits per heavy atom. The summed E-state index contributed by atoms with van der Waals surface area (Å²) in [4.78, 5) is 4.75. The summed E-state index contributed by atoms with van der Waals surface area (Å²) in [5, 5.41) is 0. The van der Waals surface area contributed by atoms with Crippen molar-refractivity contribution in [1.29, 1.82) is 0 Å². The van der Waals surface area contributed by atoms with Crippen molar-refractivity contribution >= 4 is 0 Å². The summed E-state index contributed by atoms with van der Waals surface area (Å²) in [5.74, 6) is 1.66. The molecule has 0 unspecified atom stereocenters. The highest BCUT2D eigenvalue weighted by Crippen LogP contribution is 2.41. The molecule has 0 bridgehead atoms.